The largest absolute Gasteiger partial charge is 0.341 e. The van der Waals surface area contributed by atoms with Crippen LogP contribution < -0.4 is 5.73 Å². The number of halogens is 2. The van der Waals surface area contributed by atoms with Crippen molar-refractivity contribution in [1.82, 2.24) is 9.97 Å². The number of imidazole rings is 1. The highest BCUT2D eigenvalue weighted by Gasteiger charge is 2.12. The zero-order chi connectivity index (χ0) is 10.8. The van der Waals surface area contributed by atoms with Gasteiger partial charge in [-0.25, -0.2) is 4.98 Å². The number of nitrogens with zero attached hydrogens (tertiary/aromatic N) is 1. The number of hydrogen-bond donors (Lipinski definition) is 2. The van der Waals surface area contributed by atoms with Crippen molar-refractivity contribution in [2.75, 3.05) is 0 Å². The average molecular weight is 276 g/mol. The summed E-state index contributed by atoms with van der Waals surface area (Å²) in [5.41, 5.74) is 8.12. The Bertz CT molecular complexity index is 421. The van der Waals surface area contributed by atoms with Gasteiger partial charge in [0.25, 0.3) is 0 Å². The van der Waals surface area contributed by atoms with Crippen molar-refractivity contribution in [3.05, 3.63) is 30.1 Å². The minimum atomic E-state index is 0. The molecule has 0 amide bonds. The molecule has 0 spiro atoms. The van der Waals surface area contributed by atoms with E-state index in [1.807, 2.05) is 24.3 Å². The van der Waals surface area contributed by atoms with Crippen LogP contribution in [0.25, 0.3) is 11.0 Å². The highest BCUT2D eigenvalue weighted by atomic mass is 35.5. The summed E-state index contributed by atoms with van der Waals surface area (Å²) in [7, 11) is 0. The van der Waals surface area contributed by atoms with E-state index in [1.165, 1.54) is 0 Å². The summed E-state index contributed by atoms with van der Waals surface area (Å²) in [6, 6.07) is 8.02. The molecule has 0 aliphatic carbocycles. The van der Waals surface area contributed by atoms with Crippen LogP contribution in [0.3, 0.4) is 0 Å². The summed E-state index contributed by atoms with van der Waals surface area (Å²) in [5.74, 6) is 1.48. The lowest BCUT2D eigenvalue weighted by Gasteiger charge is -2.10. The van der Waals surface area contributed by atoms with Crippen LogP contribution in [-0.4, -0.2) is 9.97 Å². The van der Waals surface area contributed by atoms with Gasteiger partial charge in [0.15, 0.2) is 0 Å². The monoisotopic (exact) mass is 275 g/mol. The molecule has 96 valence electrons. The van der Waals surface area contributed by atoms with E-state index in [-0.39, 0.29) is 30.9 Å². The number of aromatic nitrogens is 2. The molecule has 3 nitrogen and oxygen atoms in total. The summed E-state index contributed by atoms with van der Waals surface area (Å²) >= 11 is 0. The lowest BCUT2D eigenvalue weighted by Crippen LogP contribution is -2.14. The lowest BCUT2D eigenvalue weighted by atomic mass is 10.0. The van der Waals surface area contributed by atoms with Crippen LogP contribution in [0.1, 0.15) is 32.1 Å². The number of nitrogens with one attached hydrogen (secondary N) is 1. The van der Waals surface area contributed by atoms with E-state index in [1.54, 1.807) is 0 Å². The maximum absolute atomic E-state index is 6.07. The second-order valence-electron chi connectivity index (χ2n) is 4.38. The molecule has 2 aromatic rings. The Morgan fingerprint density at radius 2 is 1.88 bits per heavy atom. The predicted molar refractivity (Wildman–Crippen MR) is 77.0 cm³/mol. The molecular weight excluding hydrogens is 257 g/mol. The highest BCUT2D eigenvalue weighted by Crippen LogP contribution is 2.19. The van der Waals surface area contributed by atoms with E-state index in [0.717, 1.165) is 23.3 Å². The first-order valence-corrected chi connectivity index (χ1v) is 5.37. The van der Waals surface area contributed by atoms with E-state index in [9.17, 15) is 0 Å². The first-order chi connectivity index (χ1) is 7.16. The molecule has 1 aromatic carbocycles. The summed E-state index contributed by atoms with van der Waals surface area (Å²) in [4.78, 5) is 7.75. The van der Waals surface area contributed by atoms with Crippen molar-refractivity contribution < 1.29 is 0 Å². The Kier molecular flexibility index (Phi) is 6.53. The van der Waals surface area contributed by atoms with Crippen LogP contribution in [0, 0.1) is 5.92 Å². The second-order valence-corrected chi connectivity index (χ2v) is 4.38. The Morgan fingerprint density at radius 1 is 1.24 bits per heavy atom. The summed E-state index contributed by atoms with van der Waals surface area (Å²) in [6.07, 6.45) is 0.958. The molecule has 1 atom stereocenters. The van der Waals surface area contributed by atoms with Gasteiger partial charge in [-0.3, -0.25) is 0 Å². The Labute approximate surface area is 114 Å². The van der Waals surface area contributed by atoms with E-state index in [0.29, 0.717) is 5.92 Å². The fourth-order valence-corrected chi connectivity index (χ4v) is 1.77. The van der Waals surface area contributed by atoms with Gasteiger partial charge in [-0.1, -0.05) is 26.0 Å². The maximum atomic E-state index is 6.07. The van der Waals surface area contributed by atoms with Crippen molar-refractivity contribution in [3.8, 4) is 0 Å². The maximum Gasteiger partial charge on any atom is 0.124 e. The molecule has 17 heavy (non-hydrogen) atoms. The molecule has 0 radical (unpaired) electrons. The quantitative estimate of drug-likeness (QED) is 0.902. The van der Waals surface area contributed by atoms with Gasteiger partial charge in [-0.2, -0.15) is 0 Å². The molecule has 0 aliphatic rings. The lowest BCUT2D eigenvalue weighted by molar-refractivity contribution is 0.496. The van der Waals surface area contributed by atoms with E-state index in [2.05, 4.69) is 23.8 Å². The number of aromatic amines is 1. The molecule has 0 bridgehead atoms. The third-order valence-electron chi connectivity index (χ3n) is 2.48. The van der Waals surface area contributed by atoms with Gasteiger partial charge in [0.05, 0.1) is 17.1 Å². The zero-order valence-corrected chi connectivity index (χ0v) is 11.6. The van der Waals surface area contributed by atoms with Crippen molar-refractivity contribution in [3.63, 3.8) is 0 Å². The normalized spacial score (nSPS) is 12.0. The van der Waals surface area contributed by atoms with Crippen LogP contribution in [0.5, 0.6) is 0 Å². The van der Waals surface area contributed by atoms with Gasteiger partial charge in [0, 0.05) is 0 Å². The Balaban J connectivity index is 0.00000128. The van der Waals surface area contributed by atoms with Gasteiger partial charge in [-0.05, 0) is 24.5 Å². The van der Waals surface area contributed by atoms with Crippen molar-refractivity contribution in [2.45, 2.75) is 26.3 Å². The fourth-order valence-electron chi connectivity index (χ4n) is 1.77. The van der Waals surface area contributed by atoms with Gasteiger partial charge >= 0.3 is 0 Å². The molecule has 0 saturated heterocycles. The van der Waals surface area contributed by atoms with Crippen LogP contribution in [0.4, 0.5) is 0 Å². The molecule has 2 rings (SSSR count). The van der Waals surface area contributed by atoms with Crippen molar-refractivity contribution >= 4 is 35.8 Å². The zero-order valence-electron chi connectivity index (χ0n) is 10.0. The van der Waals surface area contributed by atoms with E-state index < -0.39 is 0 Å². The summed E-state index contributed by atoms with van der Waals surface area (Å²) < 4.78 is 0. The minimum Gasteiger partial charge on any atom is -0.341 e. The average Bonchev–Trinajstić information content (AvgIpc) is 2.59. The molecule has 3 N–H and O–H groups in total. The SMILES string of the molecule is CC(C)CC(N)c1nc2ccccc2[nH]1.Cl.Cl. The minimum absolute atomic E-state index is 0. The highest BCUT2D eigenvalue weighted by molar-refractivity contribution is 5.85. The summed E-state index contributed by atoms with van der Waals surface area (Å²) in [6.45, 7) is 4.34. The van der Waals surface area contributed by atoms with Crippen LogP contribution in [0.15, 0.2) is 24.3 Å². The standard InChI is InChI=1S/C12H17N3.2ClH/c1-8(2)7-9(13)12-14-10-5-3-4-6-11(10)15-12;;/h3-6,8-9H,7,13H2,1-2H3,(H,14,15);2*1H. The molecule has 0 aliphatic heterocycles. The first-order valence-electron chi connectivity index (χ1n) is 5.37. The first kappa shape index (κ1) is 16.2. The Morgan fingerprint density at radius 3 is 2.47 bits per heavy atom. The number of fused-ring (bicyclic) bond motifs is 1. The number of benzene rings is 1. The predicted octanol–water partition coefficient (Wildman–Crippen LogP) is 3.45. The van der Waals surface area contributed by atoms with Crippen LogP contribution in [-0.2, 0) is 0 Å². The number of H-pyrrole nitrogens is 1. The molecular formula is C12H19Cl2N3. The molecule has 1 aromatic heterocycles. The molecule has 0 saturated carbocycles. The van der Waals surface area contributed by atoms with Crippen LogP contribution in [0.2, 0.25) is 0 Å². The topological polar surface area (TPSA) is 54.7 Å². The Hall–Kier alpha value is -0.770. The van der Waals surface area contributed by atoms with E-state index in [4.69, 9.17) is 5.73 Å². The van der Waals surface area contributed by atoms with Gasteiger partial charge < -0.3 is 10.7 Å². The molecule has 0 fully saturated rings. The van der Waals surface area contributed by atoms with Gasteiger partial charge in [-0.15, -0.1) is 24.8 Å². The number of para-hydroxylation sites is 2. The smallest absolute Gasteiger partial charge is 0.124 e. The van der Waals surface area contributed by atoms with E-state index >= 15 is 0 Å². The molecule has 5 heteroatoms. The number of nitrogens with two attached hydrogens (primary N) is 1. The number of hydrogen-bond acceptors (Lipinski definition) is 2. The second kappa shape index (κ2) is 6.84. The third-order valence-corrected chi connectivity index (χ3v) is 2.48. The van der Waals surface area contributed by atoms with Gasteiger partial charge in [0.2, 0.25) is 0 Å². The number of rotatable bonds is 3. The third kappa shape index (κ3) is 3.87. The van der Waals surface area contributed by atoms with Gasteiger partial charge in [0.1, 0.15) is 5.82 Å². The van der Waals surface area contributed by atoms with Crippen molar-refractivity contribution in [1.29, 1.82) is 0 Å². The molecule has 1 heterocycles. The fraction of sp³-hybridized carbons (Fsp3) is 0.417. The van der Waals surface area contributed by atoms with Crippen LogP contribution >= 0.6 is 24.8 Å². The van der Waals surface area contributed by atoms with Crippen molar-refractivity contribution in [2.24, 2.45) is 11.7 Å². The molecule has 1 unspecified atom stereocenters. The summed E-state index contributed by atoms with van der Waals surface area (Å²) in [5, 5.41) is 0.